The average molecular weight is 355 g/mol. The smallest absolute Gasteiger partial charge is 0.400 e. The Morgan fingerprint density at radius 1 is 1.12 bits per heavy atom. The zero-order valence-electron chi connectivity index (χ0n) is 13.6. The molecular formula is C14H16F3N7O. The van der Waals surface area contributed by atoms with Crippen molar-refractivity contribution in [1.29, 1.82) is 0 Å². The Labute approximate surface area is 140 Å². The number of rotatable bonds is 1. The molecule has 1 aliphatic heterocycles. The predicted octanol–water partition coefficient (Wildman–Crippen LogP) is 1.28. The first kappa shape index (κ1) is 17.1. The second kappa shape index (κ2) is 6.31. The molecule has 4 heterocycles. The molecule has 0 aromatic carbocycles. The van der Waals surface area contributed by atoms with Gasteiger partial charge in [0.15, 0.2) is 5.82 Å². The Kier molecular flexibility index (Phi) is 4.33. The van der Waals surface area contributed by atoms with Gasteiger partial charge in [-0.2, -0.15) is 13.2 Å². The van der Waals surface area contributed by atoms with Crippen molar-refractivity contribution in [1.82, 2.24) is 29.1 Å². The van der Waals surface area contributed by atoms with Crippen molar-refractivity contribution in [2.45, 2.75) is 26.2 Å². The van der Waals surface area contributed by atoms with E-state index in [1.54, 1.807) is 18.6 Å². The van der Waals surface area contributed by atoms with E-state index in [4.69, 9.17) is 5.11 Å². The van der Waals surface area contributed by atoms with Crippen molar-refractivity contribution in [2.75, 3.05) is 18.6 Å². The highest BCUT2D eigenvalue weighted by atomic mass is 19.4. The number of alkyl halides is 3. The van der Waals surface area contributed by atoms with E-state index in [1.807, 2.05) is 16.2 Å². The van der Waals surface area contributed by atoms with Gasteiger partial charge in [-0.05, 0) is 6.92 Å². The van der Waals surface area contributed by atoms with E-state index in [-0.39, 0.29) is 18.9 Å². The summed E-state index contributed by atoms with van der Waals surface area (Å²) in [6.07, 6.45) is 0.668. The zero-order chi connectivity index (χ0) is 18.2. The zero-order valence-corrected chi connectivity index (χ0v) is 13.6. The van der Waals surface area contributed by atoms with Gasteiger partial charge in [-0.15, -0.1) is 10.2 Å². The number of anilines is 1. The first-order valence-electron chi connectivity index (χ1n) is 7.43. The fourth-order valence-corrected chi connectivity index (χ4v) is 2.82. The molecule has 1 N–H and O–H groups in total. The summed E-state index contributed by atoms with van der Waals surface area (Å²) in [7, 11) is 1.00. The second-order valence-electron chi connectivity index (χ2n) is 5.34. The van der Waals surface area contributed by atoms with Gasteiger partial charge in [0.2, 0.25) is 11.8 Å². The van der Waals surface area contributed by atoms with E-state index in [0.717, 1.165) is 22.9 Å². The van der Waals surface area contributed by atoms with Crippen LogP contribution < -0.4 is 4.90 Å². The van der Waals surface area contributed by atoms with Crippen molar-refractivity contribution in [2.24, 2.45) is 0 Å². The Hall–Kier alpha value is -2.69. The monoisotopic (exact) mass is 355 g/mol. The van der Waals surface area contributed by atoms with E-state index in [2.05, 4.69) is 20.2 Å². The molecule has 0 unspecified atom stereocenters. The lowest BCUT2D eigenvalue weighted by Gasteiger charge is -2.28. The minimum absolute atomic E-state index is 0.163. The summed E-state index contributed by atoms with van der Waals surface area (Å²) < 4.78 is 41.6. The summed E-state index contributed by atoms with van der Waals surface area (Å²) in [5.74, 6) is -0.000386. The molecular weight excluding hydrogens is 339 g/mol. The number of aromatic nitrogens is 6. The largest absolute Gasteiger partial charge is 0.451 e. The molecule has 0 bridgehead atoms. The van der Waals surface area contributed by atoms with Crippen molar-refractivity contribution < 1.29 is 18.3 Å². The van der Waals surface area contributed by atoms with Crippen LogP contribution in [-0.4, -0.2) is 47.9 Å². The van der Waals surface area contributed by atoms with Crippen LogP contribution in [0.1, 0.15) is 17.3 Å². The lowest BCUT2D eigenvalue weighted by atomic mass is 10.3. The summed E-state index contributed by atoms with van der Waals surface area (Å²) in [6.45, 7) is 2.66. The van der Waals surface area contributed by atoms with Crippen LogP contribution in [0.2, 0.25) is 0 Å². The van der Waals surface area contributed by atoms with Gasteiger partial charge < -0.3 is 14.6 Å². The van der Waals surface area contributed by atoms with Crippen molar-refractivity contribution in [3.05, 3.63) is 35.9 Å². The number of hydrogen-bond acceptors (Lipinski definition) is 6. The summed E-state index contributed by atoms with van der Waals surface area (Å²) >= 11 is 0. The van der Waals surface area contributed by atoms with Gasteiger partial charge in [0, 0.05) is 32.6 Å². The second-order valence-corrected chi connectivity index (χ2v) is 5.34. The molecule has 0 atom stereocenters. The molecule has 0 spiro atoms. The Morgan fingerprint density at radius 2 is 1.88 bits per heavy atom. The van der Waals surface area contributed by atoms with E-state index in [0.29, 0.717) is 12.5 Å². The minimum atomic E-state index is -4.49. The van der Waals surface area contributed by atoms with Crippen LogP contribution in [0.15, 0.2) is 18.6 Å². The Bertz CT molecular complexity index is 886. The molecule has 4 rings (SSSR count). The fourth-order valence-electron chi connectivity index (χ4n) is 2.82. The van der Waals surface area contributed by atoms with E-state index < -0.39 is 12.0 Å². The third-order valence-electron chi connectivity index (χ3n) is 3.92. The maximum Gasteiger partial charge on any atom is 0.451 e. The Balaban J connectivity index is 0.000000880. The van der Waals surface area contributed by atoms with Crippen molar-refractivity contribution >= 4 is 11.5 Å². The van der Waals surface area contributed by atoms with E-state index >= 15 is 0 Å². The number of nitrogens with zero attached hydrogens (tertiary/aromatic N) is 7. The molecule has 0 aliphatic carbocycles. The number of fused-ring (bicyclic) bond motifs is 2. The maximum atomic E-state index is 12.9. The third-order valence-corrected chi connectivity index (χ3v) is 3.92. The van der Waals surface area contributed by atoms with Crippen LogP contribution in [0, 0.1) is 6.92 Å². The van der Waals surface area contributed by atoms with Gasteiger partial charge in [0.1, 0.15) is 0 Å². The van der Waals surface area contributed by atoms with Gasteiger partial charge in [0.25, 0.3) is 0 Å². The number of aliphatic hydroxyl groups is 1. The van der Waals surface area contributed by atoms with E-state index in [9.17, 15) is 13.2 Å². The molecule has 0 radical (unpaired) electrons. The molecule has 3 aromatic heterocycles. The van der Waals surface area contributed by atoms with Gasteiger partial charge in [-0.25, -0.2) is 4.98 Å². The number of imidazole rings is 1. The van der Waals surface area contributed by atoms with Crippen molar-refractivity contribution in [3.63, 3.8) is 0 Å². The van der Waals surface area contributed by atoms with Gasteiger partial charge in [-0.3, -0.25) is 9.38 Å². The van der Waals surface area contributed by atoms with Crippen LogP contribution in [0.5, 0.6) is 0 Å². The van der Waals surface area contributed by atoms with Gasteiger partial charge >= 0.3 is 6.18 Å². The fraction of sp³-hybridized carbons (Fsp3) is 0.429. The molecule has 0 saturated carbocycles. The SMILES string of the molecule is CO.Cc1nccn2c(N3CCn4c(nnc4C(F)(F)F)C3)ncc12. The molecule has 134 valence electrons. The van der Waals surface area contributed by atoms with Gasteiger partial charge in [-0.1, -0.05) is 0 Å². The lowest BCUT2D eigenvalue weighted by molar-refractivity contribution is -0.147. The standard InChI is InChI=1S/C13H12F3N7.CH4O/c1-8-9-6-18-12(22(9)3-2-17-8)21-4-5-23-10(7-21)19-20-11(23)13(14,15)16;1-2/h2-3,6H,4-5,7H2,1H3;2H,1H3. The summed E-state index contributed by atoms with van der Waals surface area (Å²) in [5, 5.41) is 14.0. The molecule has 0 fully saturated rings. The molecule has 25 heavy (non-hydrogen) atoms. The third kappa shape index (κ3) is 2.90. The van der Waals surface area contributed by atoms with Crippen molar-refractivity contribution in [3.8, 4) is 0 Å². The predicted molar refractivity (Wildman–Crippen MR) is 81.9 cm³/mol. The number of hydrogen-bond donors (Lipinski definition) is 1. The maximum absolute atomic E-state index is 12.9. The normalized spacial score (nSPS) is 14.2. The molecule has 1 aliphatic rings. The highest BCUT2D eigenvalue weighted by Crippen LogP contribution is 2.30. The van der Waals surface area contributed by atoms with Crippen LogP contribution in [-0.2, 0) is 19.3 Å². The number of aliphatic hydroxyl groups excluding tert-OH is 1. The minimum Gasteiger partial charge on any atom is -0.400 e. The highest BCUT2D eigenvalue weighted by molar-refractivity contribution is 5.56. The molecule has 8 nitrogen and oxygen atoms in total. The molecule has 11 heteroatoms. The average Bonchev–Trinajstić information content (AvgIpc) is 3.20. The van der Waals surface area contributed by atoms with Crippen LogP contribution in [0.25, 0.3) is 5.52 Å². The number of halogens is 3. The molecule has 0 saturated heterocycles. The molecule has 0 amide bonds. The lowest BCUT2D eigenvalue weighted by Crippen LogP contribution is -2.36. The van der Waals surface area contributed by atoms with Gasteiger partial charge in [0.05, 0.1) is 24.0 Å². The van der Waals surface area contributed by atoms with Crippen LogP contribution in [0.4, 0.5) is 19.1 Å². The van der Waals surface area contributed by atoms with Crippen LogP contribution in [0.3, 0.4) is 0 Å². The first-order chi connectivity index (χ1) is 11.9. The van der Waals surface area contributed by atoms with E-state index in [1.165, 1.54) is 0 Å². The summed E-state index contributed by atoms with van der Waals surface area (Å²) in [4.78, 5) is 10.5. The molecule has 3 aromatic rings. The van der Waals surface area contributed by atoms with Crippen LogP contribution >= 0.6 is 0 Å². The Morgan fingerprint density at radius 3 is 2.60 bits per heavy atom. The summed E-state index contributed by atoms with van der Waals surface area (Å²) in [5.41, 5.74) is 1.70. The topological polar surface area (TPSA) is 84.4 Å². The summed E-state index contributed by atoms with van der Waals surface area (Å²) in [6, 6.07) is 0. The first-order valence-corrected chi connectivity index (χ1v) is 7.43. The quantitative estimate of drug-likeness (QED) is 0.708. The number of aryl methyl sites for hydroxylation is 1. The highest BCUT2D eigenvalue weighted by Gasteiger charge is 2.39.